The summed E-state index contributed by atoms with van der Waals surface area (Å²) in [5, 5.41) is 5.44. The maximum atomic E-state index is 12.9. The van der Waals surface area contributed by atoms with Crippen molar-refractivity contribution in [3.05, 3.63) is 46.5 Å². The highest BCUT2D eigenvalue weighted by atomic mass is 32.1. The summed E-state index contributed by atoms with van der Waals surface area (Å²) in [6, 6.07) is 6.04. The maximum absolute atomic E-state index is 12.9. The lowest BCUT2D eigenvalue weighted by Gasteiger charge is -2.33. The molecule has 0 unspecified atom stereocenters. The van der Waals surface area contributed by atoms with Crippen LogP contribution in [0.2, 0.25) is 0 Å². The highest BCUT2D eigenvalue weighted by Gasteiger charge is 2.33. The number of carbonyl (C=O) groups is 2. The SMILES string of the molecule is O=C(N[C@@H](c1cccs1)C1CCCC1)C1CCN(C(=O)c2ccoc2)CC1. The first kappa shape index (κ1) is 18.3. The Labute approximate surface area is 163 Å². The number of nitrogens with one attached hydrogen (secondary N) is 1. The molecule has 27 heavy (non-hydrogen) atoms. The van der Waals surface area contributed by atoms with E-state index in [-0.39, 0.29) is 23.8 Å². The lowest BCUT2D eigenvalue weighted by molar-refractivity contribution is -0.127. The molecule has 5 nitrogen and oxygen atoms in total. The number of carbonyl (C=O) groups excluding carboxylic acids is 2. The summed E-state index contributed by atoms with van der Waals surface area (Å²) in [6.45, 7) is 1.24. The molecule has 2 amide bonds. The van der Waals surface area contributed by atoms with E-state index in [1.165, 1.54) is 43.1 Å². The van der Waals surface area contributed by atoms with E-state index in [4.69, 9.17) is 4.42 Å². The van der Waals surface area contributed by atoms with Crippen molar-refractivity contribution in [2.75, 3.05) is 13.1 Å². The second-order valence-corrected chi connectivity index (χ2v) is 8.60. The molecule has 1 N–H and O–H groups in total. The van der Waals surface area contributed by atoms with Gasteiger partial charge in [-0.1, -0.05) is 18.9 Å². The molecule has 6 heteroatoms. The van der Waals surface area contributed by atoms with Crippen LogP contribution < -0.4 is 5.32 Å². The van der Waals surface area contributed by atoms with Gasteiger partial charge in [0.1, 0.15) is 6.26 Å². The van der Waals surface area contributed by atoms with E-state index in [1.54, 1.807) is 17.4 Å². The molecule has 3 heterocycles. The Hall–Kier alpha value is -2.08. The largest absolute Gasteiger partial charge is 0.472 e. The molecular weight excluding hydrogens is 360 g/mol. The number of likely N-dealkylation sites (tertiary alicyclic amines) is 1. The Bertz CT molecular complexity index is 743. The third-order valence-electron chi connectivity index (χ3n) is 5.94. The van der Waals surface area contributed by atoms with Crippen molar-refractivity contribution in [3.63, 3.8) is 0 Å². The third kappa shape index (κ3) is 4.10. The molecular formula is C21H26N2O3S. The maximum Gasteiger partial charge on any atom is 0.257 e. The summed E-state index contributed by atoms with van der Waals surface area (Å²) in [5.41, 5.74) is 0.580. The lowest BCUT2D eigenvalue weighted by atomic mass is 9.92. The summed E-state index contributed by atoms with van der Waals surface area (Å²) in [7, 11) is 0. The Morgan fingerprint density at radius 1 is 1.15 bits per heavy atom. The van der Waals surface area contributed by atoms with E-state index in [0.717, 1.165) is 12.8 Å². The van der Waals surface area contributed by atoms with Crippen molar-refractivity contribution in [2.24, 2.45) is 11.8 Å². The van der Waals surface area contributed by atoms with Crippen LogP contribution in [0.1, 0.15) is 59.8 Å². The van der Waals surface area contributed by atoms with Gasteiger partial charge in [0.2, 0.25) is 5.91 Å². The van der Waals surface area contributed by atoms with E-state index < -0.39 is 0 Å². The summed E-state index contributed by atoms with van der Waals surface area (Å²) in [6.07, 6.45) is 9.35. The van der Waals surface area contributed by atoms with Gasteiger partial charge in [-0.2, -0.15) is 0 Å². The number of furan rings is 1. The average Bonchev–Trinajstić information content (AvgIpc) is 3.48. The summed E-state index contributed by atoms with van der Waals surface area (Å²) >= 11 is 1.73. The quantitative estimate of drug-likeness (QED) is 0.836. The van der Waals surface area contributed by atoms with E-state index in [0.29, 0.717) is 24.6 Å². The molecule has 144 valence electrons. The van der Waals surface area contributed by atoms with Crippen LogP contribution in [0.4, 0.5) is 0 Å². The normalized spacial score (nSPS) is 19.9. The van der Waals surface area contributed by atoms with Gasteiger partial charge in [0, 0.05) is 23.9 Å². The molecule has 0 bridgehead atoms. The lowest BCUT2D eigenvalue weighted by Crippen LogP contribution is -2.44. The van der Waals surface area contributed by atoms with Gasteiger partial charge >= 0.3 is 0 Å². The van der Waals surface area contributed by atoms with Crippen LogP contribution in [-0.2, 0) is 4.79 Å². The van der Waals surface area contributed by atoms with Crippen molar-refractivity contribution in [2.45, 2.75) is 44.6 Å². The Kier molecular flexibility index (Phi) is 5.62. The second kappa shape index (κ2) is 8.30. The smallest absolute Gasteiger partial charge is 0.257 e. The zero-order chi connectivity index (χ0) is 18.6. The van der Waals surface area contributed by atoms with Gasteiger partial charge in [0.25, 0.3) is 5.91 Å². The van der Waals surface area contributed by atoms with E-state index in [9.17, 15) is 9.59 Å². The van der Waals surface area contributed by atoms with Crippen LogP contribution >= 0.6 is 11.3 Å². The topological polar surface area (TPSA) is 62.6 Å². The van der Waals surface area contributed by atoms with Gasteiger partial charge in [-0.15, -0.1) is 11.3 Å². The molecule has 2 aromatic rings. The Morgan fingerprint density at radius 3 is 2.56 bits per heavy atom. The second-order valence-electron chi connectivity index (χ2n) is 7.62. The van der Waals surface area contributed by atoms with Crippen LogP contribution in [0.5, 0.6) is 0 Å². The third-order valence-corrected chi connectivity index (χ3v) is 6.90. The highest BCUT2D eigenvalue weighted by Crippen LogP contribution is 2.37. The van der Waals surface area contributed by atoms with Crippen molar-refractivity contribution >= 4 is 23.2 Å². The average molecular weight is 387 g/mol. The number of thiophene rings is 1. The first-order chi connectivity index (χ1) is 13.2. The van der Waals surface area contributed by atoms with Gasteiger partial charge < -0.3 is 14.6 Å². The van der Waals surface area contributed by atoms with Crippen LogP contribution in [0.3, 0.4) is 0 Å². The molecule has 2 fully saturated rings. The molecule has 0 radical (unpaired) electrons. The zero-order valence-electron chi connectivity index (χ0n) is 15.4. The van der Waals surface area contributed by atoms with E-state index in [2.05, 4.69) is 22.8 Å². The predicted octanol–water partition coefficient (Wildman–Crippen LogP) is 4.24. The van der Waals surface area contributed by atoms with Crippen LogP contribution in [-0.4, -0.2) is 29.8 Å². The zero-order valence-corrected chi connectivity index (χ0v) is 16.2. The standard InChI is InChI=1S/C21H26N2O3S/c24-20(22-19(15-4-1-2-5-15)18-6-3-13-27-18)16-7-10-23(11-8-16)21(25)17-9-12-26-14-17/h3,6,9,12-16,19H,1-2,4-5,7-8,10-11H2,(H,22,24)/t19-/m1/s1. The molecule has 1 saturated carbocycles. The van der Waals surface area contributed by atoms with Gasteiger partial charge in [-0.25, -0.2) is 0 Å². The molecule has 0 spiro atoms. The number of hydrogen-bond donors (Lipinski definition) is 1. The van der Waals surface area contributed by atoms with E-state index in [1.807, 2.05) is 4.90 Å². The Balaban J connectivity index is 1.35. The molecule has 1 aliphatic heterocycles. The van der Waals surface area contributed by atoms with Gasteiger partial charge in [0.15, 0.2) is 0 Å². The van der Waals surface area contributed by atoms with Crippen molar-refractivity contribution in [1.82, 2.24) is 10.2 Å². The molecule has 1 aliphatic carbocycles. The minimum atomic E-state index is -0.0118. The minimum Gasteiger partial charge on any atom is -0.472 e. The van der Waals surface area contributed by atoms with Gasteiger partial charge in [-0.05, 0) is 49.1 Å². The number of rotatable bonds is 5. The van der Waals surface area contributed by atoms with Crippen LogP contribution in [0, 0.1) is 11.8 Å². The summed E-state index contributed by atoms with van der Waals surface area (Å²) < 4.78 is 5.00. The fourth-order valence-corrected chi connectivity index (χ4v) is 5.23. The monoisotopic (exact) mass is 386 g/mol. The molecule has 1 saturated heterocycles. The molecule has 2 aliphatic rings. The number of nitrogens with zero attached hydrogens (tertiary/aromatic N) is 1. The summed E-state index contributed by atoms with van der Waals surface area (Å²) in [5.74, 6) is 0.679. The van der Waals surface area contributed by atoms with E-state index >= 15 is 0 Å². The number of hydrogen-bond acceptors (Lipinski definition) is 4. The number of piperidine rings is 1. The van der Waals surface area contributed by atoms with Crippen molar-refractivity contribution in [1.29, 1.82) is 0 Å². The first-order valence-corrected chi connectivity index (χ1v) is 10.8. The highest BCUT2D eigenvalue weighted by molar-refractivity contribution is 7.10. The fraction of sp³-hybridized carbons (Fsp3) is 0.524. The van der Waals surface area contributed by atoms with Crippen molar-refractivity contribution < 1.29 is 14.0 Å². The number of amides is 2. The van der Waals surface area contributed by atoms with Gasteiger partial charge in [0.05, 0.1) is 17.9 Å². The summed E-state index contributed by atoms with van der Waals surface area (Å²) in [4.78, 5) is 28.4. The molecule has 0 aromatic carbocycles. The van der Waals surface area contributed by atoms with Gasteiger partial charge in [-0.3, -0.25) is 9.59 Å². The predicted molar refractivity (Wildman–Crippen MR) is 104 cm³/mol. The van der Waals surface area contributed by atoms with Crippen molar-refractivity contribution in [3.8, 4) is 0 Å². The van der Waals surface area contributed by atoms with Crippen LogP contribution in [0.25, 0.3) is 0 Å². The molecule has 4 rings (SSSR count). The molecule has 1 atom stereocenters. The van der Waals surface area contributed by atoms with Crippen LogP contribution in [0.15, 0.2) is 40.5 Å². The Morgan fingerprint density at radius 2 is 1.93 bits per heavy atom. The fourth-order valence-electron chi connectivity index (χ4n) is 4.36. The molecule has 2 aromatic heterocycles. The first-order valence-electron chi connectivity index (χ1n) is 9.87. The minimum absolute atomic E-state index is 0.00924.